The Labute approximate surface area is 99.8 Å². The van der Waals surface area contributed by atoms with Gasteiger partial charge in [0, 0.05) is 31.8 Å². The molecule has 0 aliphatic rings. The average Bonchev–Trinajstić information content (AvgIpc) is 2.22. The van der Waals surface area contributed by atoms with Crippen molar-refractivity contribution >= 4 is 0 Å². The third kappa shape index (κ3) is 4.78. The first-order valence-electron chi connectivity index (χ1n) is 6.06. The molecule has 0 saturated carbocycles. The molecule has 16 heavy (non-hydrogen) atoms. The number of nitrogens with two attached hydrogens (primary N) is 1. The first-order valence-corrected chi connectivity index (χ1v) is 6.06. The van der Waals surface area contributed by atoms with Crippen LogP contribution in [0.4, 0.5) is 0 Å². The Bertz CT molecular complexity index is 174. The van der Waals surface area contributed by atoms with E-state index in [4.69, 9.17) is 10.5 Å². The van der Waals surface area contributed by atoms with Crippen LogP contribution < -0.4 is 5.73 Å². The Balaban J connectivity index is 4.56. The van der Waals surface area contributed by atoms with Crippen molar-refractivity contribution < 1.29 is 9.84 Å². The number of hydrogen-bond donors (Lipinski definition) is 2. The van der Waals surface area contributed by atoms with E-state index in [9.17, 15) is 5.11 Å². The number of nitrogens with zero attached hydrogens (tertiary/aromatic N) is 1. The number of ether oxygens (including phenoxy) is 1. The van der Waals surface area contributed by atoms with E-state index in [1.807, 2.05) is 0 Å². The van der Waals surface area contributed by atoms with Crippen LogP contribution in [0.2, 0.25) is 0 Å². The fourth-order valence-electron chi connectivity index (χ4n) is 1.90. The Morgan fingerprint density at radius 2 is 1.81 bits per heavy atom. The Kier molecular flexibility index (Phi) is 7.93. The maximum absolute atomic E-state index is 9.50. The molecule has 0 bridgehead atoms. The van der Waals surface area contributed by atoms with Gasteiger partial charge in [0.15, 0.2) is 0 Å². The van der Waals surface area contributed by atoms with Crippen LogP contribution in [0, 0.1) is 5.92 Å². The highest BCUT2D eigenvalue weighted by Gasteiger charge is 2.27. The van der Waals surface area contributed by atoms with Crippen molar-refractivity contribution in [1.29, 1.82) is 0 Å². The molecule has 0 saturated heterocycles. The highest BCUT2D eigenvalue weighted by Crippen LogP contribution is 2.13. The van der Waals surface area contributed by atoms with Crippen LogP contribution >= 0.6 is 0 Å². The second kappa shape index (κ2) is 8.01. The maximum atomic E-state index is 9.50. The zero-order valence-electron chi connectivity index (χ0n) is 11.3. The summed E-state index contributed by atoms with van der Waals surface area (Å²) in [4.78, 5) is 2.22. The molecule has 4 heteroatoms. The molecule has 0 fully saturated rings. The molecule has 0 aromatic heterocycles. The van der Waals surface area contributed by atoms with Crippen molar-refractivity contribution in [2.75, 3.05) is 26.9 Å². The van der Waals surface area contributed by atoms with Gasteiger partial charge in [0.05, 0.1) is 13.2 Å². The summed E-state index contributed by atoms with van der Waals surface area (Å²) in [6.45, 7) is 9.97. The number of aliphatic hydroxyl groups is 1. The molecular formula is C12H28N2O2. The molecule has 0 aromatic rings. The number of aliphatic hydroxyl groups excluding tert-OH is 1. The third-order valence-electron chi connectivity index (χ3n) is 3.04. The number of methoxy groups -OCH3 is 1. The van der Waals surface area contributed by atoms with Gasteiger partial charge in [-0.1, -0.05) is 13.8 Å². The lowest BCUT2D eigenvalue weighted by atomic mass is 9.95. The lowest BCUT2D eigenvalue weighted by molar-refractivity contribution is 0.0445. The van der Waals surface area contributed by atoms with Gasteiger partial charge in [0.1, 0.15) is 0 Å². The van der Waals surface area contributed by atoms with Crippen molar-refractivity contribution in [2.24, 2.45) is 11.7 Å². The second-order valence-electron chi connectivity index (χ2n) is 4.90. The molecule has 0 spiro atoms. The first-order chi connectivity index (χ1) is 7.45. The maximum Gasteiger partial charge on any atom is 0.0602 e. The molecule has 2 atom stereocenters. The molecule has 0 aliphatic heterocycles. The van der Waals surface area contributed by atoms with Gasteiger partial charge in [-0.05, 0) is 19.8 Å². The second-order valence-corrected chi connectivity index (χ2v) is 4.90. The fourth-order valence-corrected chi connectivity index (χ4v) is 1.90. The van der Waals surface area contributed by atoms with Gasteiger partial charge < -0.3 is 15.6 Å². The zero-order valence-corrected chi connectivity index (χ0v) is 11.3. The van der Waals surface area contributed by atoms with E-state index in [0.29, 0.717) is 18.6 Å². The highest BCUT2D eigenvalue weighted by atomic mass is 16.5. The van der Waals surface area contributed by atoms with Gasteiger partial charge in [-0.15, -0.1) is 0 Å². The topological polar surface area (TPSA) is 58.7 Å². The standard InChI is InChI=1S/C12H28N2O2/c1-9(2)12(13)11(8-15)14(10(3)4)6-7-16-5/h9-12,15H,6-8,13H2,1-5H3. The van der Waals surface area contributed by atoms with Gasteiger partial charge >= 0.3 is 0 Å². The van der Waals surface area contributed by atoms with E-state index >= 15 is 0 Å². The van der Waals surface area contributed by atoms with Crippen molar-refractivity contribution in [1.82, 2.24) is 4.90 Å². The third-order valence-corrected chi connectivity index (χ3v) is 3.04. The van der Waals surface area contributed by atoms with E-state index < -0.39 is 0 Å². The predicted octanol–water partition coefficient (Wildman–Crippen LogP) is 0.687. The predicted molar refractivity (Wildman–Crippen MR) is 67.4 cm³/mol. The van der Waals surface area contributed by atoms with Crippen LogP contribution in [0.3, 0.4) is 0 Å². The minimum absolute atomic E-state index is 0.00940. The molecule has 0 radical (unpaired) electrons. The van der Waals surface area contributed by atoms with Gasteiger partial charge in [-0.2, -0.15) is 0 Å². The normalized spacial score (nSPS) is 16.1. The van der Waals surface area contributed by atoms with Crippen LogP contribution in [0.5, 0.6) is 0 Å². The van der Waals surface area contributed by atoms with Gasteiger partial charge in [0.25, 0.3) is 0 Å². The van der Waals surface area contributed by atoms with Gasteiger partial charge in [0.2, 0.25) is 0 Å². The monoisotopic (exact) mass is 232 g/mol. The van der Waals surface area contributed by atoms with Crippen LogP contribution in [0.25, 0.3) is 0 Å². The van der Waals surface area contributed by atoms with Crippen molar-refractivity contribution in [2.45, 2.75) is 45.8 Å². The smallest absolute Gasteiger partial charge is 0.0602 e. The van der Waals surface area contributed by atoms with Crippen LogP contribution in [0.15, 0.2) is 0 Å². The van der Waals surface area contributed by atoms with E-state index in [0.717, 1.165) is 6.54 Å². The molecule has 0 heterocycles. The van der Waals surface area contributed by atoms with Crippen molar-refractivity contribution in [3.8, 4) is 0 Å². The summed E-state index contributed by atoms with van der Waals surface area (Å²) in [5.74, 6) is 0.362. The zero-order chi connectivity index (χ0) is 12.7. The molecule has 0 aromatic carbocycles. The van der Waals surface area contributed by atoms with E-state index in [1.54, 1.807) is 7.11 Å². The highest BCUT2D eigenvalue weighted by molar-refractivity contribution is 4.85. The van der Waals surface area contributed by atoms with E-state index in [1.165, 1.54) is 0 Å². The number of rotatable bonds is 8. The van der Waals surface area contributed by atoms with E-state index in [-0.39, 0.29) is 18.7 Å². The SMILES string of the molecule is COCCN(C(C)C)C(CO)C(N)C(C)C. The summed E-state index contributed by atoms with van der Waals surface area (Å²) in [7, 11) is 1.69. The minimum atomic E-state index is -0.00995. The summed E-state index contributed by atoms with van der Waals surface area (Å²) in [5, 5.41) is 9.50. The Morgan fingerprint density at radius 1 is 1.25 bits per heavy atom. The van der Waals surface area contributed by atoms with E-state index in [2.05, 4.69) is 32.6 Å². The van der Waals surface area contributed by atoms with Gasteiger partial charge in [-0.3, -0.25) is 4.90 Å². The van der Waals surface area contributed by atoms with Gasteiger partial charge in [-0.25, -0.2) is 0 Å². The minimum Gasteiger partial charge on any atom is -0.395 e. The fraction of sp³-hybridized carbons (Fsp3) is 1.00. The summed E-state index contributed by atoms with van der Waals surface area (Å²) < 4.78 is 5.09. The molecular weight excluding hydrogens is 204 g/mol. The summed E-state index contributed by atoms with van der Waals surface area (Å²) in [6, 6.07) is 0.358. The summed E-state index contributed by atoms with van der Waals surface area (Å²) in [6.07, 6.45) is 0. The summed E-state index contributed by atoms with van der Waals surface area (Å²) >= 11 is 0. The molecule has 0 aliphatic carbocycles. The lowest BCUT2D eigenvalue weighted by Crippen LogP contribution is -2.55. The lowest BCUT2D eigenvalue weighted by Gasteiger charge is -2.38. The molecule has 0 amide bonds. The van der Waals surface area contributed by atoms with Crippen LogP contribution in [-0.4, -0.2) is 55.0 Å². The largest absolute Gasteiger partial charge is 0.395 e. The van der Waals surface area contributed by atoms with Crippen LogP contribution in [0.1, 0.15) is 27.7 Å². The Hall–Kier alpha value is -0.160. The molecule has 2 unspecified atom stereocenters. The molecule has 0 rings (SSSR count). The quantitative estimate of drug-likeness (QED) is 0.646. The first kappa shape index (κ1) is 15.8. The molecule has 98 valence electrons. The molecule has 3 N–H and O–H groups in total. The van der Waals surface area contributed by atoms with Crippen LogP contribution in [-0.2, 0) is 4.74 Å². The Morgan fingerprint density at radius 3 is 2.12 bits per heavy atom. The summed E-state index contributed by atoms with van der Waals surface area (Å²) in [5.41, 5.74) is 6.14. The molecule has 4 nitrogen and oxygen atoms in total. The van der Waals surface area contributed by atoms with Crippen molar-refractivity contribution in [3.05, 3.63) is 0 Å². The number of hydrogen-bond acceptors (Lipinski definition) is 4. The van der Waals surface area contributed by atoms with Crippen molar-refractivity contribution in [3.63, 3.8) is 0 Å². The average molecular weight is 232 g/mol.